The van der Waals surface area contributed by atoms with Crippen LogP contribution in [0.2, 0.25) is 0 Å². The van der Waals surface area contributed by atoms with E-state index in [1.54, 1.807) is 0 Å². The first-order chi connectivity index (χ1) is 15.3. The Labute approximate surface area is 187 Å². The number of alkyl carbamates (subject to hydrolysis) is 1. The molecule has 7 nitrogen and oxygen atoms in total. The minimum absolute atomic E-state index is 0.0766. The van der Waals surface area contributed by atoms with E-state index in [0.29, 0.717) is 19.3 Å². The summed E-state index contributed by atoms with van der Waals surface area (Å²) in [5, 5.41) is 14.6. The summed E-state index contributed by atoms with van der Waals surface area (Å²) in [7, 11) is 0. The molecular formula is C25H28N2O5. The van der Waals surface area contributed by atoms with Crippen molar-refractivity contribution in [1.29, 1.82) is 0 Å². The lowest BCUT2D eigenvalue weighted by atomic mass is 9.98. The lowest BCUT2D eigenvalue weighted by Crippen LogP contribution is -2.53. The molecule has 2 aromatic rings. The second-order valence-corrected chi connectivity index (χ2v) is 9.03. The number of carboxylic acid groups (broad SMARTS) is 1. The van der Waals surface area contributed by atoms with Crippen molar-refractivity contribution in [3.63, 3.8) is 0 Å². The Morgan fingerprint density at radius 1 is 1.03 bits per heavy atom. The van der Waals surface area contributed by atoms with Crippen LogP contribution in [-0.2, 0) is 14.3 Å². The number of aliphatic carboxylic acids is 1. The Bertz CT molecular complexity index is 999. The average Bonchev–Trinajstić information content (AvgIpc) is 3.48. The number of hydrogen-bond acceptors (Lipinski definition) is 4. The van der Waals surface area contributed by atoms with Gasteiger partial charge in [-0.15, -0.1) is 0 Å². The minimum Gasteiger partial charge on any atom is -0.480 e. The molecule has 3 N–H and O–H groups in total. The maximum atomic E-state index is 12.7. The van der Waals surface area contributed by atoms with Gasteiger partial charge >= 0.3 is 12.1 Å². The molecule has 1 fully saturated rings. The number of fused-ring (bicyclic) bond motifs is 3. The van der Waals surface area contributed by atoms with Crippen molar-refractivity contribution in [1.82, 2.24) is 10.6 Å². The second-order valence-electron chi connectivity index (χ2n) is 9.03. The van der Waals surface area contributed by atoms with E-state index in [2.05, 4.69) is 22.8 Å². The van der Waals surface area contributed by atoms with Crippen LogP contribution in [0.1, 0.15) is 50.2 Å². The van der Waals surface area contributed by atoms with Crippen LogP contribution in [0, 0.1) is 5.92 Å². The van der Waals surface area contributed by atoms with Crippen molar-refractivity contribution in [3.05, 3.63) is 59.7 Å². The third-order valence-corrected chi connectivity index (χ3v) is 6.18. The van der Waals surface area contributed by atoms with Crippen molar-refractivity contribution < 1.29 is 24.2 Å². The number of ether oxygens (including phenoxy) is 1. The number of carboxylic acids is 1. The van der Waals surface area contributed by atoms with E-state index < -0.39 is 29.6 Å². The first-order valence-corrected chi connectivity index (χ1v) is 11.0. The van der Waals surface area contributed by atoms with Gasteiger partial charge in [-0.05, 0) is 47.4 Å². The zero-order valence-corrected chi connectivity index (χ0v) is 18.3. The lowest BCUT2D eigenvalue weighted by molar-refractivity contribution is -0.143. The normalized spacial score (nSPS) is 16.6. The largest absolute Gasteiger partial charge is 0.480 e. The van der Waals surface area contributed by atoms with Crippen molar-refractivity contribution in [2.75, 3.05) is 6.61 Å². The van der Waals surface area contributed by atoms with Crippen LogP contribution < -0.4 is 10.6 Å². The van der Waals surface area contributed by atoms with Gasteiger partial charge in [0.05, 0.1) is 0 Å². The molecule has 1 saturated carbocycles. The molecule has 0 unspecified atom stereocenters. The zero-order chi connectivity index (χ0) is 22.9. The maximum Gasteiger partial charge on any atom is 0.407 e. The minimum atomic E-state index is -1.20. The number of amides is 2. The molecule has 32 heavy (non-hydrogen) atoms. The Balaban J connectivity index is 1.42. The summed E-state index contributed by atoms with van der Waals surface area (Å²) in [6.07, 6.45) is 0.486. The van der Waals surface area contributed by atoms with Gasteiger partial charge in [0.1, 0.15) is 18.2 Å². The van der Waals surface area contributed by atoms with Crippen molar-refractivity contribution in [3.8, 4) is 11.1 Å². The fourth-order valence-electron chi connectivity index (χ4n) is 4.33. The van der Waals surface area contributed by atoms with E-state index in [1.165, 1.54) is 0 Å². The van der Waals surface area contributed by atoms with Gasteiger partial charge in [0.25, 0.3) is 0 Å². The average molecular weight is 437 g/mol. The molecule has 168 valence electrons. The number of benzene rings is 2. The van der Waals surface area contributed by atoms with E-state index in [1.807, 2.05) is 50.2 Å². The number of rotatable bonds is 8. The van der Waals surface area contributed by atoms with Gasteiger partial charge in [-0.3, -0.25) is 4.79 Å². The smallest absolute Gasteiger partial charge is 0.407 e. The van der Waals surface area contributed by atoms with Crippen LogP contribution in [0.15, 0.2) is 48.5 Å². The summed E-state index contributed by atoms with van der Waals surface area (Å²) in [5.74, 6) is -1.49. The number of nitrogens with one attached hydrogen (secondary N) is 2. The van der Waals surface area contributed by atoms with Gasteiger partial charge in [0.15, 0.2) is 0 Å². The molecule has 0 heterocycles. The topological polar surface area (TPSA) is 105 Å². The Hall–Kier alpha value is -3.35. The van der Waals surface area contributed by atoms with Gasteiger partial charge < -0.3 is 20.5 Å². The molecule has 0 bridgehead atoms. The summed E-state index contributed by atoms with van der Waals surface area (Å²) in [4.78, 5) is 36.7. The summed E-state index contributed by atoms with van der Waals surface area (Å²) in [5.41, 5.74) is 3.29. The number of hydrogen-bond donors (Lipinski definition) is 3. The Morgan fingerprint density at radius 3 is 2.09 bits per heavy atom. The highest BCUT2D eigenvalue weighted by molar-refractivity contribution is 5.93. The molecular weight excluding hydrogens is 408 g/mol. The molecule has 2 aromatic carbocycles. The number of carbonyl (C=O) groups excluding carboxylic acids is 2. The summed E-state index contributed by atoms with van der Waals surface area (Å²) < 4.78 is 5.55. The Kier molecular flexibility index (Phi) is 5.91. The molecule has 4 rings (SSSR count). The summed E-state index contributed by atoms with van der Waals surface area (Å²) >= 11 is 0. The predicted molar refractivity (Wildman–Crippen MR) is 119 cm³/mol. The summed E-state index contributed by atoms with van der Waals surface area (Å²) in [6, 6.07) is 15.3. The van der Waals surface area contributed by atoms with E-state index in [0.717, 1.165) is 22.3 Å². The molecule has 0 radical (unpaired) electrons. The van der Waals surface area contributed by atoms with Gasteiger partial charge in [-0.25, -0.2) is 9.59 Å². The zero-order valence-electron chi connectivity index (χ0n) is 18.3. The molecule has 0 saturated heterocycles. The first kappa shape index (κ1) is 21.9. The monoisotopic (exact) mass is 436 g/mol. The SMILES string of the molecule is CC(C)C[C@@H](NC(=O)OCC1c2ccccc2-c2ccccc21)C(=O)NC1(C(=O)O)CC1. The van der Waals surface area contributed by atoms with E-state index in [4.69, 9.17) is 4.74 Å². The number of carbonyl (C=O) groups is 3. The van der Waals surface area contributed by atoms with Crippen molar-refractivity contribution in [2.24, 2.45) is 5.92 Å². The molecule has 2 aliphatic rings. The standard InChI is InChI=1S/C25H28N2O5/c1-15(2)13-21(22(28)27-25(11-12-25)23(29)30)26-24(31)32-14-20-18-9-5-3-7-16(18)17-8-4-6-10-19(17)20/h3-10,15,20-21H,11-14H2,1-2H3,(H,26,31)(H,27,28)(H,29,30)/t21-/m1/s1. The van der Waals surface area contributed by atoms with Crippen LogP contribution in [0.4, 0.5) is 4.79 Å². The van der Waals surface area contributed by atoms with Gasteiger partial charge in [-0.2, -0.15) is 0 Å². The lowest BCUT2D eigenvalue weighted by Gasteiger charge is -2.23. The van der Waals surface area contributed by atoms with Crippen molar-refractivity contribution >= 4 is 18.0 Å². The highest BCUT2D eigenvalue weighted by Gasteiger charge is 2.52. The molecule has 0 aliphatic heterocycles. The molecule has 2 amide bonds. The van der Waals surface area contributed by atoms with E-state index in [-0.39, 0.29) is 18.4 Å². The highest BCUT2D eigenvalue weighted by atomic mass is 16.5. The fourth-order valence-corrected chi connectivity index (χ4v) is 4.33. The van der Waals surface area contributed by atoms with Crippen LogP contribution in [0.5, 0.6) is 0 Å². The van der Waals surface area contributed by atoms with Gasteiger partial charge in [0.2, 0.25) is 5.91 Å². The van der Waals surface area contributed by atoms with Crippen LogP contribution in [-0.4, -0.2) is 41.3 Å². The molecule has 0 aromatic heterocycles. The predicted octanol–water partition coefficient (Wildman–Crippen LogP) is 3.67. The van der Waals surface area contributed by atoms with E-state index >= 15 is 0 Å². The second kappa shape index (κ2) is 8.65. The molecule has 2 aliphatic carbocycles. The maximum absolute atomic E-state index is 12.7. The van der Waals surface area contributed by atoms with E-state index in [9.17, 15) is 19.5 Å². The fraction of sp³-hybridized carbons (Fsp3) is 0.400. The molecule has 1 atom stereocenters. The summed E-state index contributed by atoms with van der Waals surface area (Å²) in [6.45, 7) is 4.02. The van der Waals surface area contributed by atoms with Crippen molar-refractivity contribution in [2.45, 2.75) is 50.6 Å². The highest BCUT2D eigenvalue weighted by Crippen LogP contribution is 2.44. The third kappa shape index (κ3) is 4.33. The first-order valence-electron chi connectivity index (χ1n) is 11.0. The molecule has 7 heteroatoms. The Morgan fingerprint density at radius 2 is 1.59 bits per heavy atom. The quantitative estimate of drug-likeness (QED) is 0.586. The van der Waals surface area contributed by atoms with Gasteiger partial charge in [0, 0.05) is 5.92 Å². The van der Waals surface area contributed by atoms with Crippen LogP contribution in [0.25, 0.3) is 11.1 Å². The van der Waals surface area contributed by atoms with Crippen LogP contribution in [0.3, 0.4) is 0 Å². The van der Waals surface area contributed by atoms with Gasteiger partial charge in [-0.1, -0.05) is 62.4 Å². The third-order valence-electron chi connectivity index (χ3n) is 6.18. The van der Waals surface area contributed by atoms with Crippen LogP contribution >= 0.6 is 0 Å². The molecule has 0 spiro atoms.